The molecule has 8 nitrogen and oxygen atoms in total. The quantitative estimate of drug-likeness (QED) is 0.480. The molecule has 0 aliphatic carbocycles. The summed E-state index contributed by atoms with van der Waals surface area (Å²) < 4.78 is 7.44. The number of benzene rings is 2. The van der Waals surface area contributed by atoms with Crippen molar-refractivity contribution < 1.29 is 9.53 Å². The van der Waals surface area contributed by atoms with Gasteiger partial charge in [-0.3, -0.25) is 9.59 Å². The van der Waals surface area contributed by atoms with Crippen molar-refractivity contribution in [3.05, 3.63) is 88.4 Å². The number of amides is 1. The van der Waals surface area contributed by atoms with Crippen LogP contribution in [0.2, 0.25) is 0 Å². The molecule has 0 spiro atoms. The molecule has 3 heterocycles. The zero-order valence-corrected chi connectivity index (χ0v) is 19.1. The van der Waals surface area contributed by atoms with Crippen molar-refractivity contribution in [1.29, 1.82) is 0 Å². The summed E-state index contributed by atoms with van der Waals surface area (Å²) in [6, 6.07) is 15.3. The molecule has 1 aliphatic rings. The van der Waals surface area contributed by atoms with Crippen LogP contribution in [-0.2, 0) is 17.8 Å². The normalized spacial score (nSPS) is 14.4. The number of carbonyl (C=O) groups excluding carboxylic acids is 1. The first-order valence-corrected chi connectivity index (χ1v) is 11.5. The van der Waals surface area contributed by atoms with Gasteiger partial charge in [-0.25, -0.2) is 10.1 Å². The molecule has 4 aromatic rings. The van der Waals surface area contributed by atoms with Crippen molar-refractivity contribution in [3.8, 4) is 5.75 Å². The van der Waals surface area contributed by atoms with Gasteiger partial charge in [-0.1, -0.05) is 30.3 Å². The van der Waals surface area contributed by atoms with Crippen molar-refractivity contribution in [2.45, 2.75) is 31.7 Å². The molecule has 1 fully saturated rings. The third kappa shape index (κ3) is 4.44. The van der Waals surface area contributed by atoms with Crippen molar-refractivity contribution in [1.82, 2.24) is 24.6 Å². The highest BCUT2D eigenvalue weighted by Crippen LogP contribution is 2.28. The van der Waals surface area contributed by atoms with Gasteiger partial charge < -0.3 is 14.2 Å². The van der Waals surface area contributed by atoms with E-state index in [1.54, 1.807) is 13.2 Å². The fraction of sp³-hybridized carbons (Fsp3) is 0.308. The third-order valence-electron chi connectivity index (χ3n) is 6.57. The summed E-state index contributed by atoms with van der Waals surface area (Å²) in [5.41, 5.74) is 1.56. The zero-order chi connectivity index (χ0) is 23.5. The summed E-state index contributed by atoms with van der Waals surface area (Å²) in [5, 5.41) is 7.96. The van der Waals surface area contributed by atoms with Crippen LogP contribution in [0.3, 0.4) is 0 Å². The summed E-state index contributed by atoms with van der Waals surface area (Å²) in [6.07, 6.45) is 5.78. The molecule has 0 radical (unpaired) electrons. The molecule has 34 heavy (non-hydrogen) atoms. The Bertz CT molecular complexity index is 1350. The van der Waals surface area contributed by atoms with Crippen LogP contribution in [0, 0.1) is 0 Å². The van der Waals surface area contributed by atoms with Crippen LogP contribution in [0.4, 0.5) is 0 Å². The predicted molar refractivity (Wildman–Crippen MR) is 129 cm³/mol. The number of likely N-dealkylation sites (tertiary alicyclic amines) is 1. The Morgan fingerprint density at radius 1 is 1.09 bits per heavy atom. The standard InChI is InChI=1S/C26H27N5O3/c1-34-20-8-6-18(7-9-20)17-31-15-12-27-25(31)19-10-13-30(14-11-19)24(32)16-23-21-4-2-3-5-22(21)26(33)29-28-23/h2-9,12,15,19H,10-11,13-14,16-17H2,1H3,(H,29,33). The average molecular weight is 458 g/mol. The Kier molecular flexibility index (Phi) is 6.12. The first kappa shape index (κ1) is 21.9. The molecule has 0 unspecified atom stereocenters. The Hall–Kier alpha value is -3.94. The van der Waals surface area contributed by atoms with Gasteiger partial charge in [-0.2, -0.15) is 5.10 Å². The van der Waals surface area contributed by atoms with E-state index in [0.717, 1.165) is 36.3 Å². The Balaban J connectivity index is 1.23. The monoisotopic (exact) mass is 457 g/mol. The maximum Gasteiger partial charge on any atom is 0.272 e. The third-order valence-corrected chi connectivity index (χ3v) is 6.57. The Labute approximate surface area is 197 Å². The number of rotatable bonds is 6. The fourth-order valence-corrected chi connectivity index (χ4v) is 4.69. The van der Waals surface area contributed by atoms with E-state index in [9.17, 15) is 9.59 Å². The van der Waals surface area contributed by atoms with Crippen LogP contribution >= 0.6 is 0 Å². The van der Waals surface area contributed by atoms with Gasteiger partial charge in [0.2, 0.25) is 5.91 Å². The van der Waals surface area contributed by atoms with E-state index in [4.69, 9.17) is 4.74 Å². The molecule has 1 N–H and O–H groups in total. The van der Waals surface area contributed by atoms with Crippen LogP contribution < -0.4 is 10.3 Å². The first-order chi connectivity index (χ1) is 16.6. The number of imidazole rings is 1. The molecule has 1 amide bonds. The van der Waals surface area contributed by atoms with E-state index in [0.29, 0.717) is 30.1 Å². The second-order valence-corrected chi connectivity index (χ2v) is 8.64. The fourth-order valence-electron chi connectivity index (χ4n) is 4.69. The molecule has 174 valence electrons. The minimum Gasteiger partial charge on any atom is -0.497 e. The number of H-pyrrole nitrogens is 1. The zero-order valence-electron chi connectivity index (χ0n) is 19.1. The number of carbonyl (C=O) groups is 1. The molecule has 1 saturated heterocycles. The van der Waals surface area contributed by atoms with E-state index < -0.39 is 0 Å². The van der Waals surface area contributed by atoms with E-state index in [1.807, 2.05) is 47.6 Å². The van der Waals surface area contributed by atoms with Crippen LogP contribution in [0.1, 0.15) is 35.8 Å². The van der Waals surface area contributed by atoms with Gasteiger partial charge in [-0.05, 0) is 36.6 Å². The number of aromatic nitrogens is 4. The van der Waals surface area contributed by atoms with Crippen LogP contribution in [0.15, 0.2) is 65.7 Å². The van der Waals surface area contributed by atoms with Crippen LogP contribution in [0.5, 0.6) is 5.75 Å². The van der Waals surface area contributed by atoms with E-state index in [-0.39, 0.29) is 17.9 Å². The number of hydrogen-bond donors (Lipinski definition) is 1. The summed E-state index contributed by atoms with van der Waals surface area (Å²) in [6.45, 7) is 2.11. The first-order valence-electron chi connectivity index (χ1n) is 11.5. The molecule has 8 heteroatoms. The molecule has 0 saturated carbocycles. The Morgan fingerprint density at radius 3 is 2.56 bits per heavy atom. The number of nitrogens with one attached hydrogen (secondary N) is 1. The average Bonchev–Trinajstić information content (AvgIpc) is 3.34. The maximum absolute atomic E-state index is 13.0. The van der Waals surface area contributed by atoms with Crippen molar-refractivity contribution in [3.63, 3.8) is 0 Å². The highest BCUT2D eigenvalue weighted by atomic mass is 16.5. The second kappa shape index (κ2) is 9.51. The number of methoxy groups -OCH3 is 1. The molecule has 2 aromatic heterocycles. The largest absolute Gasteiger partial charge is 0.497 e. The van der Waals surface area contributed by atoms with Crippen molar-refractivity contribution in [2.75, 3.05) is 20.2 Å². The number of ether oxygens (including phenoxy) is 1. The maximum atomic E-state index is 13.0. The van der Waals surface area contributed by atoms with E-state index >= 15 is 0 Å². The van der Waals surface area contributed by atoms with Gasteiger partial charge in [0.1, 0.15) is 11.6 Å². The molecular formula is C26H27N5O3. The van der Waals surface area contributed by atoms with Gasteiger partial charge in [0.25, 0.3) is 5.56 Å². The van der Waals surface area contributed by atoms with Crippen molar-refractivity contribution in [2.24, 2.45) is 0 Å². The predicted octanol–water partition coefficient (Wildman–Crippen LogP) is 3.13. The minimum absolute atomic E-state index is 0.0322. The number of piperidine rings is 1. The summed E-state index contributed by atoms with van der Waals surface area (Å²) >= 11 is 0. The highest BCUT2D eigenvalue weighted by Gasteiger charge is 2.27. The lowest BCUT2D eigenvalue weighted by molar-refractivity contribution is -0.131. The second-order valence-electron chi connectivity index (χ2n) is 8.64. The van der Waals surface area contributed by atoms with Crippen LogP contribution in [0.25, 0.3) is 10.8 Å². The summed E-state index contributed by atoms with van der Waals surface area (Å²) in [7, 11) is 1.67. The SMILES string of the molecule is COc1ccc(Cn2ccnc2C2CCN(C(=O)Cc3n[nH]c(=O)c4ccccc34)CC2)cc1. The van der Waals surface area contributed by atoms with Crippen LogP contribution in [-0.4, -0.2) is 50.8 Å². The Morgan fingerprint density at radius 2 is 1.82 bits per heavy atom. The highest BCUT2D eigenvalue weighted by molar-refractivity contribution is 5.88. The molecule has 0 bridgehead atoms. The van der Waals surface area contributed by atoms with Crippen molar-refractivity contribution >= 4 is 16.7 Å². The lowest BCUT2D eigenvalue weighted by Gasteiger charge is -2.32. The molecule has 1 aliphatic heterocycles. The summed E-state index contributed by atoms with van der Waals surface area (Å²) in [4.78, 5) is 31.6. The van der Waals surface area contributed by atoms with Gasteiger partial charge in [0.15, 0.2) is 0 Å². The number of nitrogens with zero attached hydrogens (tertiary/aromatic N) is 4. The molecule has 0 atom stereocenters. The number of aromatic amines is 1. The van der Waals surface area contributed by atoms with E-state index in [2.05, 4.69) is 31.9 Å². The molecule has 5 rings (SSSR count). The number of hydrogen-bond acceptors (Lipinski definition) is 5. The van der Waals surface area contributed by atoms with Gasteiger partial charge in [0, 0.05) is 43.3 Å². The van der Waals surface area contributed by atoms with Gasteiger partial charge in [0.05, 0.1) is 24.6 Å². The lowest BCUT2D eigenvalue weighted by Crippen LogP contribution is -2.39. The topological polar surface area (TPSA) is 93.1 Å². The molecule has 2 aromatic carbocycles. The molecular weight excluding hydrogens is 430 g/mol. The van der Waals surface area contributed by atoms with Gasteiger partial charge in [-0.15, -0.1) is 0 Å². The number of fused-ring (bicyclic) bond motifs is 1. The smallest absolute Gasteiger partial charge is 0.272 e. The minimum atomic E-state index is -0.238. The summed E-state index contributed by atoms with van der Waals surface area (Å²) in [5.74, 6) is 2.25. The van der Waals surface area contributed by atoms with Gasteiger partial charge >= 0.3 is 0 Å². The van der Waals surface area contributed by atoms with E-state index in [1.165, 1.54) is 5.56 Å². The lowest BCUT2D eigenvalue weighted by atomic mass is 9.95.